The molecule has 0 saturated heterocycles. The van der Waals surface area contributed by atoms with Crippen molar-refractivity contribution in [1.82, 2.24) is 19.3 Å². The number of carbonyl (C=O) groups is 1. The lowest BCUT2D eigenvalue weighted by Gasteiger charge is -2.10. The minimum absolute atomic E-state index is 0.0204. The summed E-state index contributed by atoms with van der Waals surface area (Å²) < 4.78 is 16.4. The van der Waals surface area contributed by atoms with Gasteiger partial charge in [-0.1, -0.05) is 29.3 Å². The van der Waals surface area contributed by atoms with Crippen LogP contribution in [-0.2, 0) is 18.3 Å². The van der Waals surface area contributed by atoms with Gasteiger partial charge in [0.25, 0.3) is 5.56 Å². The molecule has 7 nitrogen and oxygen atoms in total. The molecule has 0 saturated carbocycles. The van der Waals surface area contributed by atoms with Gasteiger partial charge in [0.15, 0.2) is 5.65 Å². The normalized spacial score (nSPS) is 11.2. The van der Waals surface area contributed by atoms with Crippen molar-refractivity contribution in [2.75, 3.05) is 5.32 Å². The molecule has 164 valence electrons. The first kappa shape index (κ1) is 21.7. The molecule has 0 radical (unpaired) electrons. The van der Waals surface area contributed by atoms with E-state index in [9.17, 15) is 14.0 Å². The van der Waals surface area contributed by atoms with Gasteiger partial charge in [-0.15, -0.1) is 0 Å². The fourth-order valence-electron chi connectivity index (χ4n) is 3.48. The van der Waals surface area contributed by atoms with Gasteiger partial charge in [-0.25, -0.2) is 14.1 Å². The van der Waals surface area contributed by atoms with Gasteiger partial charge >= 0.3 is 0 Å². The molecule has 1 amide bonds. The number of rotatable bonds is 5. The predicted molar refractivity (Wildman–Crippen MR) is 122 cm³/mol. The predicted octanol–water partition coefficient (Wildman–Crippen LogP) is 4.10. The molecule has 1 N–H and O–H groups in total. The average Bonchev–Trinajstić information content (AvgIpc) is 3.08. The van der Waals surface area contributed by atoms with Gasteiger partial charge in [0.1, 0.15) is 17.0 Å². The van der Waals surface area contributed by atoms with Crippen LogP contribution in [0.5, 0.6) is 0 Å². The maximum atomic E-state index is 13.2. The van der Waals surface area contributed by atoms with Crippen molar-refractivity contribution in [3.8, 4) is 5.69 Å². The summed E-state index contributed by atoms with van der Waals surface area (Å²) in [7, 11) is 1.67. The van der Waals surface area contributed by atoms with E-state index in [0.717, 1.165) is 17.3 Å². The molecule has 2 aromatic heterocycles. The molecule has 0 aliphatic rings. The maximum Gasteiger partial charge on any atom is 0.273 e. The Morgan fingerprint density at radius 2 is 1.88 bits per heavy atom. The molecule has 9 heteroatoms. The summed E-state index contributed by atoms with van der Waals surface area (Å²) in [6.45, 7) is 3.83. The molecular weight excluding hydrogens is 433 g/mol. The third kappa shape index (κ3) is 4.13. The highest BCUT2D eigenvalue weighted by molar-refractivity contribution is 6.33. The topological polar surface area (TPSA) is 81.8 Å². The minimum Gasteiger partial charge on any atom is -0.325 e. The van der Waals surface area contributed by atoms with Crippen molar-refractivity contribution in [3.63, 3.8) is 0 Å². The second-order valence-corrected chi connectivity index (χ2v) is 8.01. The number of aromatic nitrogens is 4. The van der Waals surface area contributed by atoms with Gasteiger partial charge in [0.2, 0.25) is 5.91 Å². The number of carbonyl (C=O) groups excluding carboxylic acids is 1. The molecule has 0 aliphatic carbocycles. The van der Waals surface area contributed by atoms with Crippen LogP contribution in [0.15, 0.2) is 47.3 Å². The van der Waals surface area contributed by atoms with Gasteiger partial charge in [0, 0.05) is 19.9 Å². The first-order chi connectivity index (χ1) is 15.2. The number of fused-ring (bicyclic) bond motifs is 1. The molecule has 32 heavy (non-hydrogen) atoms. The van der Waals surface area contributed by atoms with E-state index in [2.05, 4.69) is 15.4 Å². The van der Waals surface area contributed by atoms with E-state index < -0.39 is 5.82 Å². The average molecular weight is 454 g/mol. The van der Waals surface area contributed by atoms with Gasteiger partial charge in [-0.3, -0.25) is 14.2 Å². The second kappa shape index (κ2) is 8.55. The third-order valence-corrected chi connectivity index (χ3v) is 5.51. The number of nitrogens with zero attached hydrogens (tertiary/aromatic N) is 4. The van der Waals surface area contributed by atoms with Crippen LogP contribution < -0.4 is 10.9 Å². The van der Waals surface area contributed by atoms with Crippen molar-refractivity contribution in [2.45, 2.75) is 26.7 Å². The molecule has 2 heterocycles. The first-order valence-corrected chi connectivity index (χ1v) is 10.4. The number of aryl methyl sites for hydroxylation is 4. The number of benzene rings is 2. The summed E-state index contributed by atoms with van der Waals surface area (Å²) in [4.78, 5) is 29.8. The minimum atomic E-state index is -0.490. The summed E-state index contributed by atoms with van der Waals surface area (Å²) in [6, 6.07) is 11.5. The number of nitrogens with one attached hydrogen (secondary N) is 1. The molecule has 0 aliphatic heterocycles. The molecular formula is C23H21ClFN5O2. The van der Waals surface area contributed by atoms with Crippen molar-refractivity contribution in [3.05, 3.63) is 80.6 Å². The Kier molecular flexibility index (Phi) is 5.80. The monoisotopic (exact) mass is 453 g/mol. The van der Waals surface area contributed by atoms with Gasteiger partial charge in [-0.2, -0.15) is 5.10 Å². The van der Waals surface area contributed by atoms with Crippen LogP contribution in [0.25, 0.3) is 16.9 Å². The fraction of sp³-hybridized carbons (Fsp3) is 0.217. The number of hydrogen-bond donors (Lipinski definition) is 1. The lowest BCUT2D eigenvalue weighted by Crippen LogP contribution is -2.25. The summed E-state index contributed by atoms with van der Waals surface area (Å²) in [5.74, 6) is -0.843. The van der Waals surface area contributed by atoms with Crippen LogP contribution >= 0.6 is 11.6 Å². The highest BCUT2D eigenvalue weighted by atomic mass is 35.5. The van der Waals surface area contributed by atoms with Crippen molar-refractivity contribution >= 4 is 34.4 Å². The Balaban J connectivity index is 1.61. The Bertz CT molecular complexity index is 1390. The molecule has 0 spiro atoms. The van der Waals surface area contributed by atoms with Gasteiger partial charge in [-0.05, 0) is 44.2 Å². The Labute approximate surface area is 188 Å². The zero-order valence-corrected chi connectivity index (χ0v) is 18.6. The third-order valence-electron chi connectivity index (χ3n) is 5.19. The van der Waals surface area contributed by atoms with E-state index >= 15 is 0 Å². The summed E-state index contributed by atoms with van der Waals surface area (Å²) >= 11 is 5.95. The van der Waals surface area contributed by atoms with Crippen LogP contribution in [0, 0.1) is 19.7 Å². The molecule has 0 atom stereocenters. The standard InChI is InChI=1S/C23H21ClFN5O2/c1-13-4-7-16(8-5-13)30-22-21(14(2)28-30)27-19(23(32)29(22)3)10-11-20(31)26-18-9-6-15(25)12-17(18)24/h4-9,12H,10-11H2,1-3H3,(H,26,31). The van der Waals surface area contributed by atoms with E-state index in [1.165, 1.54) is 16.7 Å². The van der Waals surface area contributed by atoms with Crippen molar-refractivity contribution in [2.24, 2.45) is 7.05 Å². The Hall–Kier alpha value is -3.52. The smallest absolute Gasteiger partial charge is 0.273 e. The van der Waals surface area contributed by atoms with E-state index in [1.54, 1.807) is 11.7 Å². The SMILES string of the molecule is Cc1ccc(-n2nc(C)c3nc(CCC(=O)Nc4ccc(F)cc4Cl)c(=O)n(C)c32)cc1. The quantitative estimate of drug-likeness (QED) is 0.493. The van der Waals surface area contributed by atoms with E-state index in [0.29, 0.717) is 22.5 Å². The van der Waals surface area contributed by atoms with Crippen molar-refractivity contribution in [1.29, 1.82) is 0 Å². The number of halogens is 2. The molecule has 2 aromatic carbocycles. The molecule has 4 rings (SSSR count). The van der Waals surface area contributed by atoms with Crippen LogP contribution in [0.3, 0.4) is 0 Å². The van der Waals surface area contributed by atoms with Crippen LogP contribution in [0.1, 0.15) is 23.4 Å². The summed E-state index contributed by atoms with van der Waals surface area (Å²) in [6.07, 6.45) is 0.162. The highest BCUT2D eigenvalue weighted by Crippen LogP contribution is 2.23. The number of anilines is 1. The summed E-state index contributed by atoms with van der Waals surface area (Å²) in [5.41, 5.74) is 4.10. The molecule has 0 bridgehead atoms. The highest BCUT2D eigenvalue weighted by Gasteiger charge is 2.18. The van der Waals surface area contributed by atoms with E-state index in [1.807, 2.05) is 38.1 Å². The zero-order chi connectivity index (χ0) is 23.0. The zero-order valence-electron chi connectivity index (χ0n) is 17.8. The van der Waals surface area contributed by atoms with Gasteiger partial charge < -0.3 is 5.32 Å². The Morgan fingerprint density at radius 3 is 2.56 bits per heavy atom. The number of amides is 1. The maximum absolute atomic E-state index is 13.2. The van der Waals surface area contributed by atoms with Crippen LogP contribution in [-0.4, -0.2) is 25.2 Å². The van der Waals surface area contributed by atoms with Crippen molar-refractivity contribution < 1.29 is 9.18 Å². The molecule has 0 unspecified atom stereocenters. The lowest BCUT2D eigenvalue weighted by molar-refractivity contribution is -0.116. The van der Waals surface area contributed by atoms with E-state index in [-0.39, 0.29) is 35.0 Å². The fourth-order valence-corrected chi connectivity index (χ4v) is 3.69. The van der Waals surface area contributed by atoms with Crippen LogP contribution in [0.4, 0.5) is 10.1 Å². The summed E-state index contributed by atoms with van der Waals surface area (Å²) in [5, 5.41) is 7.30. The van der Waals surface area contributed by atoms with E-state index in [4.69, 9.17) is 11.6 Å². The molecule has 4 aromatic rings. The van der Waals surface area contributed by atoms with Crippen LogP contribution in [0.2, 0.25) is 5.02 Å². The first-order valence-electron chi connectivity index (χ1n) is 10.0. The molecule has 0 fully saturated rings. The van der Waals surface area contributed by atoms with Gasteiger partial charge in [0.05, 0.1) is 22.1 Å². The lowest BCUT2D eigenvalue weighted by atomic mass is 10.2. The Morgan fingerprint density at radius 1 is 1.16 bits per heavy atom. The second-order valence-electron chi connectivity index (χ2n) is 7.60. The largest absolute Gasteiger partial charge is 0.325 e. The number of hydrogen-bond acceptors (Lipinski definition) is 4.